The third-order valence-electron chi connectivity index (χ3n) is 5.21. The van der Waals surface area contributed by atoms with E-state index in [2.05, 4.69) is 6.58 Å². The molecule has 1 aromatic rings. The van der Waals surface area contributed by atoms with Gasteiger partial charge >= 0.3 is 6.18 Å². The van der Waals surface area contributed by atoms with Crippen LogP contribution in [0.2, 0.25) is 0 Å². The quantitative estimate of drug-likeness (QED) is 0.277. The van der Waals surface area contributed by atoms with Gasteiger partial charge in [0.2, 0.25) is 0 Å². The smallest absolute Gasteiger partial charge is 0.206 e. The Balaban J connectivity index is 1.84. The van der Waals surface area contributed by atoms with Crippen molar-refractivity contribution in [3.05, 3.63) is 47.5 Å². The third-order valence-corrected chi connectivity index (χ3v) is 5.21. The molecule has 25 heavy (non-hydrogen) atoms. The average Bonchev–Trinajstić information content (AvgIpc) is 2.52. The van der Waals surface area contributed by atoms with Crippen molar-refractivity contribution in [2.45, 2.75) is 64.0 Å². The number of halogens is 5. The Hall–Kier alpha value is -1.39. The van der Waals surface area contributed by atoms with Crippen LogP contribution in [-0.2, 0) is 12.6 Å². The molecular formula is C20H25F5. The fourth-order valence-corrected chi connectivity index (χ4v) is 3.77. The molecule has 0 atom stereocenters. The molecule has 140 valence electrons. The molecule has 1 aliphatic carbocycles. The maximum atomic E-state index is 13.6. The van der Waals surface area contributed by atoms with Gasteiger partial charge in [0.05, 0.1) is 0 Å². The maximum absolute atomic E-state index is 13.6. The number of benzene rings is 1. The van der Waals surface area contributed by atoms with Crippen LogP contribution in [0.4, 0.5) is 22.0 Å². The van der Waals surface area contributed by atoms with Gasteiger partial charge in [-0.2, -0.15) is 13.2 Å². The minimum Gasteiger partial charge on any atom is -0.206 e. The predicted molar refractivity (Wildman–Crippen MR) is 89.2 cm³/mol. The molecule has 0 unspecified atom stereocenters. The zero-order valence-corrected chi connectivity index (χ0v) is 14.3. The topological polar surface area (TPSA) is 0 Å². The normalized spacial score (nSPS) is 21.3. The van der Waals surface area contributed by atoms with Crippen molar-refractivity contribution in [1.29, 1.82) is 0 Å². The monoisotopic (exact) mass is 360 g/mol. The largest absolute Gasteiger partial charge is 0.422 e. The Bertz CT molecular complexity index is 545. The van der Waals surface area contributed by atoms with Crippen molar-refractivity contribution in [2.75, 3.05) is 0 Å². The zero-order chi connectivity index (χ0) is 18.4. The molecule has 2 rings (SSSR count). The van der Waals surface area contributed by atoms with Gasteiger partial charge in [-0.1, -0.05) is 38.2 Å². The van der Waals surface area contributed by atoms with Crippen LogP contribution in [0.1, 0.15) is 62.5 Å². The predicted octanol–water partition coefficient (Wildman–Crippen LogP) is 7.08. The van der Waals surface area contributed by atoms with Gasteiger partial charge in [0.25, 0.3) is 0 Å². The number of unbranched alkanes of at least 4 members (excludes halogenated alkanes) is 1. The van der Waals surface area contributed by atoms with Crippen LogP contribution in [0.15, 0.2) is 24.8 Å². The minimum atomic E-state index is -5.00. The SMILES string of the molecule is C=CCCC[C@H]1CC[C@H](CCc2cc(F)c(C(F)(F)F)c(F)c2)CC1. The van der Waals surface area contributed by atoms with Gasteiger partial charge in [-0.05, 0) is 55.2 Å². The molecule has 5 heteroatoms. The van der Waals surface area contributed by atoms with Gasteiger partial charge in [-0.15, -0.1) is 6.58 Å². The zero-order valence-electron chi connectivity index (χ0n) is 14.3. The second kappa shape index (κ2) is 8.81. The Morgan fingerprint density at radius 1 is 0.960 bits per heavy atom. The Labute approximate surface area is 146 Å². The summed E-state index contributed by atoms with van der Waals surface area (Å²) in [4.78, 5) is 0. The lowest BCUT2D eigenvalue weighted by atomic mass is 9.78. The molecule has 0 bridgehead atoms. The Morgan fingerprint density at radius 2 is 1.48 bits per heavy atom. The van der Waals surface area contributed by atoms with E-state index in [0.29, 0.717) is 17.9 Å². The van der Waals surface area contributed by atoms with Crippen molar-refractivity contribution in [1.82, 2.24) is 0 Å². The molecular weight excluding hydrogens is 335 g/mol. The van der Waals surface area contributed by atoms with E-state index in [1.165, 1.54) is 12.8 Å². The summed E-state index contributed by atoms with van der Waals surface area (Å²) in [6.45, 7) is 3.72. The fraction of sp³-hybridized carbons (Fsp3) is 0.600. The first kappa shape index (κ1) is 19.9. The first-order chi connectivity index (χ1) is 11.8. The van der Waals surface area contributed by atoms with Gasteiger partial charge in [0.1, 0.15) is 17.2 Å². The van der Waals surface area contributed by atoms with Crippen LogP contribution in [0.25, 0.3) is 0 Å². The molecule has 0 spiro atoms. The van der Waals surface area contributed by atoms with Crippen molar-refractivity contribution >= 4 is 0 Å². The first-order valence-corrected chi connectivity index (χ1v) is 8.97. The molecule has 0 saturated heterocycles. The molecule has 0 aromatic heterocycles. The summed E-state index contributed by atoms with van der Waals surface area (Å²) in [6.07, 6.45) is 6.05. The summed E-state index contributed by atoms with van der Waals surface area (Å²) in [5, 5.41) is 0. The van der Waals surface area contributed by atoms with Crippen LogP contribution in [0.3, 0.4) is 0 Å². The van der Waals surface area contributed by atoms with Crippen molar-refractivity contribution < 1.29 is 22.0 Å². The van der Waals surface area contributed by atoms with Crippen LogP contribution in [0.5, 0.6) is 0 Å². The van der Waals surface area contributed by atoms with Crippen LogP contribution in [0, 0.1) is 23.5 Å². The van der Waals surface area contributed by atoms with Gasteiger partial charge in [0, 0.05) is 0 Å². The van der Waals surface area contributed by atoms with E-state index in [1.807, 2.05) is 6.08 Å². The molecule has 0 heterocycles. The van der Waals surface area contributed by atoms with Crippen molar-refractivity contribution in [2.24, 2.45) is 11.8 Å². The van der Waals surface area contributed by atoms with Crippen molar-refractivity contribution in [3.8, 4) is 0 Å². The standard InChI is InChI=1S/C20H25F5/c1-2-3-4-5-14-6-8-15(9-7-14)10-11-16-12-17(21)19(18(22)13-16)20(23,24)25/h2,12-15H,1,3-11H2/t14-,15-. The molecule has 0 N–H and O–H groups in total. The van der Waals surface area contributed by atoms with E-state index in [0.717, 1.165) is 56.6 Å². The van der Waals surface area contributed by atoms with E-state index in [-0.39, 0.29) is 0 Å². The number of rotatable bonds is 7. The van der Waals surface area contributed by atoms with Gasteiger partial charge < -0.3 is 0 Å². The van der Waals surface area contributed by atoms with E-state index in [9.17, 15) is 22.0 Å². The average molecular weight is 360 g/mol. The first-order valence-electron chi connectivity index (χ1n) is 8.97. The summed E-state index contributed by atoms with van der Waals surface area (Å²) >= 11 is 0. The highest BCUT2D eigenvalue weighted by molar-refractivity contribution is 5.28. The van der Waals surface area contributed by atoms with E-state index in [1.54, 1.807) is 0 Å². The van der Waals surface area contributed by atoms with Crippen LogP contribution in [-0.4, -0.2) is 0 Å². The van der Waals surface area contributed by atoms with Crippen molar-refractivity contribution in [3.63, 3.8) is 0 Å². The van der Waals surface area contributed by atoms with Gasteiger partial charge in [-0.3, -0.25) is 0 Å². The molecule has 0 amide bonds. The lowest BCUT2D eigenvalue weighted by Gasteiger charge is -2.28. The maximum Gasteiger partial charge on any atom is 0.422 e. The fourth-order valence-electron chi connectivity index (χ4n) is 3.77. The minimum absolute atomic E-state index is 0.302. The molecule has 1 saturated carbocycles. The van der Waals surface area contributed by atoms with E-state index >= 15 is 0 Å². The molecule has 0 aliphatic heterocycles. The molecule has 0 nitrogen and oxygen atoms in total. The van der Waals surface area contributed by atoms with Crippen LogP contribution >= 0.6 is 0 Å². The molecule has 0 radical (unpaired) electrons. The number of hydrogen-bond acceptors (Lipinski definition) is 0. The summed E-state index contributed by atoms with van der Waals surface area (Å²) in [5.74, 6) is -1.80. The summed E-state index contributed by atoms with van der Waals surface area (Å²) in [5.41, 5.74) is -1.49. The molecule has 1 fully saturated rings. The van der Waals surface area contributed by atoms with Gasteiger partial charge in [0.15, 0.2) is 0 Å². The number of alkyl halides is 3. The van der Waals surface area contributed by atoms with Crippen LogP contribution < -0.4 is 0 Å². The summed E-state index contributed by atoms with van der Waals surface area (Å²) in [6, 6.07) is 1.65. The Morgan fingerprint density at radius 3 is 1.96 bits per heavy atom. The second-order valence-corrected chi connectivity index (χ2v) is 7.08. The lowest BCUT2D eigenvalue weighted by Crippen LogP contribution is -2.15. The third kappa shape index (κ3) is 5.82. The Kier molecular flexibility index (Phi) is 7.03. The van der Waals surface area contributed by atoms with E-state index in [4.69, 9.17) is 0 Å². The summed E-state index contributed by atoms with van der Waals surface area (Å²) in [7, 11) is 0. The van der Waals surface area contributed by atoms with E-state index < -0.39 is 23.4 Å². The second-order valence-electron chi connectivity index (χ2n) is 7.08. The number of hydrogen-bond donors (Lipinski definition) is 0. The van der Waals surface area contributed by atoms with Gasteiger partial charge in [-0.25, -0.2) is 8.78 Å². The molecule has 1 aromatic carbocycles. The summed E-state index contributed by atoms with van der Waals surface area (Å²) < 4.78 is 64.9. The number of allylic oxidation sites excluding steroid dienone is 1. The highest BCUT2D eigenvalue weighted by Gasteiger charge is 2.37. The highest BCUT2D eigenvalue weighted by atomic mass is 19.4. The number of aryl methyl sites for hydroxylation is 1. The lowest BCUT2D eigenvalue weighted by molar-refractivity contribution is -0.142. The molecule has 1 aliphatic rings. The highest BCUT2D eigenvalue weighted by Crippen LogP contribution is 2.36.